The molecule has 1 atom stereocenters. The van der Waals surface area contributed by atoms with Crippen LogP contribution in [0.5, 0.6) is 0 Å². The lowest BCUT2D eigenvalue weighted by Gasteiger charge is -2.22. The van der Waals surface area contributed by atoms with Gasteiger partial charge in [-0.25, -0.2) is 0 Å². The molecule has 90 valence electrons. The minimum absolute atomic E-state index is 0.126. The number of hydrogen-bond donors (Lipinski definition) is 0. The van der Waals surface area contributed by atoms with Crippen LogP contribution in [0.2, 0.25) is 0 Å². The Morgan fingerprint density at radius 3 is 2.44 bits per heavy atom. The molecule has 1 rings (SSSR count). The number of nitriles is 1. The number of carbonyl (C=O) groups excluding carboxylic acids is 1. The van der Waals surface area contributed by atoms with Gasteiger partial charge in [-0.2, -0.15) is 5.26 Å². The third-order valence-corrected chi connectivity index (χ3v) is 3.60. The van der Waals surface area contributed by atoms with Gasteiger partial charge in [0.25, 0.3) is 0 Å². The van der Waals surface area contributed by atoms with Crippen LogP contribution in [0.25, 0.3) is 0 Å². The molecule has 1 aliphatic carbocycles. The van der Waals surface area contributed by atoms with E-state index in [0.29, 0.717) is 12.3 Å². The molecule has 0 bridgehead atoms. The standard InChI is InChI=1S/C13H22N2O/c1-11(10-14)15(2)13(16)9-12-7-5-3-4-6-8-12/h11-12H,3-9H2,1-2H3. The number of amides is 1. The molecular formula is C13H22N2O. The molecule has 0 aliphatic heterocycles. The lowest BCUT2D eigenvalue weighted by Crippen LogP contribution is -2.35. The summed E-state index contributed by atoms with van der Waals surface area (Å²) in [5.41, 5.74) is 0. The maximum atomic E-state index is 11.9. The van der Waals surface area contributed by atoms with Gasteiger partial charge in [-0.1, -0.05) is 25.7 Å². The highest BCUT2D eigenvalue weighted by Gasteiger charge is 2.20. The summed E-state index contributed by atoms with van der Waals surface area (Å²) in [6.07, 6.45) is 8.14. The Bertz CT molecular complexity index is 262. The average Bonchev–Trinajstić information content (AvgIpc) is 2.55. The second-order valence-electron chi connectivity index (χ2n) is 4.87. The van der Waals surface area contributed by atoms with E-state index in [-0.39, 0.29) is 11.9 Å². The number of carbonyl (C=O) groups is 1. The lowest BCUT2D eigenvalue weighted by molar-refractivity contribution is -0.131. The second-order valence-corrected chi connectivity index (χ2v) is 4.87. The first-order chi connectivity index (χ1) is 7.65. The van der Waals surface area contributed by atoms with Gasteiger partial charge < -0.3 is 4.90 Å². The molecule has 1 saturated carbocycles. The number of nitrogens with zero attached hydrogens (tertiary/aromatic N) is 2. The van der Waals surface area contributed by atoms with E-state index < -0.39 is 0 Å². The maximum absolute atomic E-state index is 11.9. The van der Waals surface area contributed by atoms with E-state index in [1.54, 1.807) is 18.9 Å². The Morgan fingerprint density at radius 2 is 1.94 bits per heavy atom. The van der Waals surface area contributed by atoms with Gasteiger partial charge in [-0.15, -0.1) is 0 Å². The third kappa shape index (κ3) is 3.84. The summed E-state index contributed by atoms with van der Waals surface area (Å²) in [6, 6.07) is 1.79. The Labute approximate surface area is 98.4 Å². The molecule has 3 nitrogen and oxygen atoms in total. The predicted octanol–water partition coefficient (Wildman–Crippen LogP) is 2.72. The van der Waals surface area contributed by atoms with E-state index in [1.807, 2.05) is 0 Å². The first-order valence-electron chi connectivity index (χ1n) is 6.30. The van der Waals surface area contributed by atoms with Crippen molar-refractivity contribution < 1.29 is 4.79 Å². The average molecular weight is 222 g/mol. The van der Waals surface area contributed by atoms with Gasteiger partial charge in [0.1, 0.15) is 6.04 Å². The van der Waals surface area contributed by atoms with E-state index in [9.17, 15) is 4.79 Å². The molecule has 0 saturated heterocycles. The molecule has 1 amide bonds. The van der Waals surface area contributed by atoms with Gasteiger partial charge in [0.15, 0.2) is 0 Å². The van der Waals surface area contributed by atoms with Crippen LogP contribution >= 0.6 is 0 Å². The molecule has 0 radical (unpaired) electrons. The quantitative estimate of drug-likeness (QED) is 0.689. The van der Waals surface area contributed by atoms with Crippen molar-refractivity contribution in [3.05, 3.63) is 0 Å². The zero-order chi connectivity index (χ0) is 12.0. The maximum Gasteiger partial charge on any atom is 0.223 e. The van der Waals surface area contributed by atoms with E-state index in [4.69, 9.17) is 5.26 Å². The van der Waals surface area contributed by atoms with Crippen molar-refractivity contribution in [3.8, 4) is 6.07 Å². The highest BCUT2D eigenvalue weighted by molar-refractivity contribution is 5.76. The van der Waals surface area contributed by atoms with Crippen molar-refractivity contribution >= 4 is 5.91 Å². The number of hydrogen-bond acceptors (Lipinski definition) is 2. The Morgan fingerprint density at radius 1 is 1.38 bits per heavy atom. The van der Waals surface area contributed by atoms with E-state index in [2.05, 4.69) is 6.07 Å². The minimum Gasteiger partial charge on any atom is -0.330 e. The Hall–Kier alpha value is -1.04. The Kier molecular flexibility index (Phi) is 5.31. The lowest BCUT2D eigenvalue weighted by atomic mass is 9.96. The molecule has 1 fully saturated rings. The van der Waals surface area contributed by atoms with E-state index in [1.165, 1.54) is 38.5 Å². The second kappa shape index (κ2) is 6.52. The van der Waals surface area contributed by atoms with Crippen molar-refractivity contribution in [2.24, 2.45) is 5.92 Å². The van der Waals surface area contributed by atoms with Crippen LogP contribution in [-0.2, 0) is 4.79 Å². The molecule has 1 aliphatic rings. The molecule has 3 heteroatoms. The van der Waals surface area contributed by atoms with Crippen molar-refractivity contribution in [1.29, 1.82) is 5.26 Å². The molecular weight excluding hydrogens is 200 g/mol. The normalized spacial score (nSPS) is 19.6. The Balaban J connectivity index is 2.40. The summed E-state index contributed by atoms with van der Waals surface area (Å²) in [5.74, 6) is 0.671. The van der Waals surface area contributed by atoms with Crippen LogP contribution in [0, 0.1) is 17.2 Å². The molecule has 0 aromatic rings. The van der Waals surface area contributed by atoms with Crippen molar-refractivity contribution in [3.63, 3.8) is 0 Å². The van der Waals surface area contributed by atoms with Crippen molar-refractivity contribution in [2.45, 2.75) is 57.9 Å². The van der Waals surface area contributed by atoms with Crippen LogP contribution in [-0.4, -0.2) is 23.9 Å². The fraction of sp³-hybridized carbons (Fsp3) is 0.846. The molecule has 16 heavy (non-hydrogen) atoms. The zero-order valence-corrected chi connectivity index (χ0v) is 10.4. The summed E-state index contributed by atoms with van der Waals surface area (Å²) in [4.78, 5) is 13.5. The van der Waals surface area contributed by atoms with Gasteiger partial charge in [-0.3, -0.25) is 4.79 Å². The zero-order valence-electron chi connectivity index (χ0n) is 10.4. The molecule has 0 N–H and O–H groups in total. The summed E-state index contributed by atoms with van der Waals surface area (Å²) in [6.45, 7) is 1.77. The van der Waals surface area contributed by atoms with Crippen LogP contribution in [0.3, 0.4) is 0 Å². The van der Waals surface area contributed by atoms with Crippen LogP contribution < -0.4 is 0 Å². The molecule has 0 spiro atoms. The van der Waals surface area contributed by atoms with Gasteiger partial charge in [0, 0.05) is 13.5 Å². The first kappa shape index (κ1) is 13.0. The van der Waals surface area contributed by atoms with Crippen molar-refractivity contribution in [1.82, 2.24) is 4.90 Å². The van der Waals surface area contributed by atoms with E-state index in [0.717, 1.165) is 0 Å². The third-order valence-electron chi connectivity index (χ3n) is 3.60. The van der Waals surface area contributed by atoms with Crippen molar-refractivity contribution in [2.75, 3.05) is 7.05 Å². The van der Waals surface area contributed by atoms with Gasteiger partial charge >= 0.3 is 0 Å². The number of rotatable bonds is 3. The van der Waals surface area contributed by atoms with Gasteiger partial charge in [0.2, 0.25) is 5.91 Å². The summed E-state index contributed by atoms with van der Waals surface area (Å²) in [5, 5.41) is 8.76. The first-order valence-corrected chi connectivity index (χ1v) is 6.30. The highest BCUT2D eigenvalue weighted by Crippen LogP contribution is 2.25. The fourth-order valence-electron chi connectivity index (χ4n) is 2.26. The topological polar surface area (TPSA) is 44.1 Å². The summed E-state index contributed by atoms with van der Waals surface area (Å²) >= 11 is 0. The van der Waals surface area contributed by atoms with Crippen LogP contribution in [0.4, 0.5) is 0 Å². The monoisotopic (exact) mass is 222 g/mol. The van der Waals surface area contributed by atoms with Crippen LogP contribution in [0.15, 0.2) is 0 Å². The van der Waals surface area contributed by atoms with Gasteiger partial charge in [0.05, 0.1) is 6.07 Å². The summed E-state index contributed by atoms with van der Waals surface area (Å²) in [7, 11) is 1.73. The van der Waals surface area contributed by atoms with E-state index >= 15 is 0 Å². The fourth-order valence-corrected chi connectivity index (χ4v) is 2.26. The molecule has 1 unspecified atom stereocenters. The highest BCUT2D eigenvalue weighted by atomic mass is 16.2. The SMILES string of the molecule is CC(C#N)N(C)C(=O)CC1CCCCCC1. The molecule has 0 heterocycles. The molecule has 0 aromatic heterocycles. The smallest absolute Gasteiger partial charge is 0.223 e. The largest absolute Gasteiger partial charge is 0.330 e. The van der Waals surface area contributed by atoms with Gasteiger partial charge in [-0.05, 0) is 25.7 Å². The molecule has 0 aromatic carbocycles. The summed E-state index contributed by atoms with van der Waals surface area (Å²) < 4.78 is 0. The van der Waals surface area contributed by atoms with Crippen LogP contribution in [0.1, 0.15) is 51.9 Å². The predicted molar refractivity (Wildman–Crippen MR) is 63.7 cm³/mol. The minimum atomic E-state index is -0.307.